The van der Waals surface area contributed by atoms with Gasteiger partial charge >= 0.3 is 0 Å². The number of carbonyl (C=O) groups excluding carboxylic acids is 3. The molecule has 0 aliphatic heterocycles. The molecule has 26 heavy (non-hydrogen) atoms. The van der Waals surface area contributed by atoms with Crippen molar-refractivity contribution in [1.29, 1.82) is 0 Å². The maximum Gasteiger partial charge on any atom is 0.243 e. The molecule has 0 aliphatic rings. The Balaban J connectivity index is 1.82. The van der Waals surface area contributed by atoms with Crippen LogP contribution in [0.25, 0.3) is 0 Å². The lowest BCUT2D eigenvalue weighted by atomic mass is 10.1. The van der Waals surface area contributed by atoms with E-state index in [0.29, 0.717) is 5.69 Å². The van der Waals surface area contributed by atoms with Crippen LogP contribution in [0.4, 0.5) is 11.4 Å². The highest BCUT2D eigenvalue weighted by Crippen LogP contribution is 2.19. The number of amides is 3. The molecule has 0 atom stereocenters. The first-order chi connectivity index (χ1) is 12.3. The topological polar surface area (TPSA) is 87.3 Å². The van der Waals surface area contributed by atoms with Crippen LogP contribution in [0, 0.1) is 13.8 Å². The van der Waals surface area contributed by atoms with Gasteiger partial charge in [-0.2, -0.15) is 0 Å². The number of benzene rings is 2. The summed E-state index contributed by atoms with van der Waals surface area (Å²) in [5, 5.41) is 8.11. The summed E-state index contributed by atoms with van der Waals surface area (Å²) < 4.78 is 0. The van der Waals surface area contributed by atoms with Crippen LogP contribution in [0.2, 0.25) is 0 Å². The molecule has 0 saturated carbocycles. The van der Waals surface area contributed by atoms with Crippen LogP contribution in [-0.4, -0.2) is 24.3 Å². The fourth-order valence-electron chi connectivity index (χ4n) is 2.53. The summed E-state index contributed by atoms with van der Waals surface area (Å²) >= 11 is 0. The number of carbonyl (C=O) groups is 3. The minimum absolute atomic E-state index is 0.0867. The van der Waals surface area contributed by atoms with Crippen molar-refractivity contribution < 1.29 is 14.4 Å². The molecule has 0 saturated heterocycles. The van der Waals surface area contributed by atoms with E-state index in [1.165, 1.54) is 6.92 Å². The third-order valence-electron chi connectivity index (χ3n) is 3.83. The van der Waals surface area contributed by atoms with E-state index < -0.39 is 0 Å². The average molecular weight is 353 g/mol. The zero-order valence-corrected chi connectivity index (χ0v) is 15.2. The highest BCUT2D eigenvalue weighted by atomic mass is 16.2. The smallest absolute Gasteiger partial charge is 0.243 e. The van der Waals surface area contributed by atoms with Gasteiger partial charge in [0, 0.05) is 18.3 Å². The van der Waals surface area contributed by atoms with Crippen LogP contribution in [-0.2, 0) is 20.8 Å². The second-order valence-electron chi connectivity index (χ2n) is 6.15. The van der Waals surface area contributed by atoms with Crippen molar-refractivity contribution >= 4 is 29.1 Å². The van der Waals surface area contributed by atoms with Crippen molar-refractivity contribution in [2.24, 2.45) is 0 Å². The zero-order valence-electron chi connectivity index (χ0n) is 15.2. The summed E-state index contributed by atoms with van der Waals surface area (Å²) in [5.74, 6) is -0.656. The van der Waals surface area contributed by atoms with Gasteiger partial charge in [-0.05, 0) is 42.7 Å². The summed E-state index contributed by atoms with van der Waals surface area (Å²) in [6.45, 7) is 5.19. The molecule has 2 rings (SSSR count). The Kier molecular flexibility index (Phi) is 6.49. The van der Waals surface area contributed by atoms with Gasteiger partial charge in [-0.3, -0.25) is 14.4 Å². The largest absolute Gasteiger partial charge is 0.347 e. The normalized spacial score (nSPS) is 10.1. The van der Waals surface area contributed by atoms with Crippen LogP contribution in [0.15, 0.2) is 42.5 Å². The van der Waals surface area contributed by atoms with Gasteiger partial charge in [0.25, 0.3) is 0 Å². The van der Waals surface area contributed by atoms with Crippen molar-refractivity contribution in [1.82, 2.24) is 5.32 Å². The van der Waals surface area contributed by atoms with E-state index in [4.69, 9.17) is 0 Å². The molecule has 0 radical (unpaired) electrons. The molecule has 0 unspecified atom stereocenters. The minimum Gasteiger partial charge on any atom is -0.347 e. The summed E-state index contributed by atoms with van der Waals surface area (Å²) in [5.41, 5.74) is 4.20. The number of rotatable bonds is 6. The summed E-state index contributed by atoms with van der Waals surface area (Å²) in [6, 6.07) is 12.8. The highest BCUT2D eigenvalue weighted by molar-refractivity contribution is 5.96. The van der Waals surface area contributed by atoms with Crippen molar-refractivity contribution in [3.05, 3.63) is 59.2 Å². The van der Waals surface area contributed by atoms with Crippen LogP contribution < -0.4 is 16.0 Å². The molecule has 0 heterocycles. The van der Waals surface area contributed by atoms with Gasteiger partial charge in [0.05, 0.1) is 13.0 Å². The lowest BCUT2D eigenvalue weighted by molar-refractivity contribution is -0.123. The maximum atomic E-state index is 12.1. The third-order valence-corrected chi connectivity index (χ3v) is 3.83. The fraction of sp³-hybridized carbons (Fsp3) is 0.250. The van der Waals surface area contributed by atoms with E-state index >= 15 is 0 Å². The van der Waals surface area contributed by atoms with Gasteiger partial charge in [0.1, 0.15) is 0 Å². The first kappa shape index (κ1) is 19.2. The molecule has 0 aliphatic carbocycles. The summed E-state index contributed by atoms with van der Waals surface area (Å²) in [7, 11) is 0. The lowest BCUT2D eigenvalue weighted by Crippen LogP contribution is -2.34. The molecule has 6 heteroatoms. The van der Waals surface area contributed by atoms with E-state index in [1.807, 2.05) is 32.0 Å². The maximum absolute atomic E-state index is 12.1. The van der Waals surface area contributed by atoms with E-state index in [0.717, 1.165) is 22.4 Å². The van der Waals surface area contributed by atoms with Crippen LogP contribution in [0.1, 0.15) is 23.6 Å². The number of para-hydroxylation sites is 1. The first-order valence-electron chi connectivity index (χ1n) is 8.34. The molecule has 6 nitrogen and oxygen atoms in total. The van der Waals surface area contributed by atoms with Crippen LogP contribution in [0.3, 0.4) is 0 Å². The predicted molar refractivity (Wildman–Crippen MR) is 102 cm³/mol. The van der Waals surface area contributed by atoms with Crippen LogP contribution in [0.5, 0.6) is 0 Å². The van der Waals surface area contributed by atoms with Gasteiger partial charge in [-0.15, -0.1) is 0 Å². The van der Waals surface area contributed by atoms with Gasteiger partial charge in [-0.25, -0.2) is 0 Å². The number of anilines is 2. The highest BCUT2D eigenvalue weighted by Gasteiger charge is 2.09. The molecule has 0 spiro atoms. The van der Waals surface area contributed by atoms with Crippen LogP contribution >= 0.6 is 0 Å². The Morgan fingerprint density at radius 1 is 0.846 bits per heavy atom. The SMILES string of the molecule is CC(=O)Nc1ccc(CC(=O)NCC(=O)Nc2c(C)cccc2C)cc1. The van der Waals surface area contributed by atoms with Crippen molar-refractivity contribution in [3.8, 4) is 0 Å². The Morgan fingerprint density at radius 2 is 1.46 bits per heavy atom. The van der Waals surface area contributed by atoms with Gasteiger partial charge in [0.2, 0.25) is 17.7 Å². The number of hydrogen-bond acceptors (Lipinski definition) is 3. The Hall–Kier alpha value is -3.15. The predicted octanol–water partition coefficient (Wildman–Crippen LogP) is 2.56. The van der Waals surface area contributed by atoms with Crippen molar-refractivity contribution in [3.63, 3.8) is 0 Å². The monoisotopic (exact) mass is 353 g/mol. The molecule has 0 aromatic heterocycles. The van der Waals surface area contributed by atoms with Crippen molar-refractivity contribution in [2.45, 2.75) is 27.2 Å². The zero-order chi connectivity index (χ0) is 19.1. The molecule has 0 fully saturated rings. The quantitative estimate of drug-likeness (QED) is 0.746. The molecular weight excluding hydrogens is 330 g/mol. The second kappa shape index (κ2) is 8.80. The number of nitrogens with one attached hydrogen (secondary N) is 3. The molecular formula is C20H23N3O3. The van der Waals surface area contributed by atoms with E-state index in [1.54, 1.807) is 24.3 Å². The third kappa shape index (κ3) is 5.73. The van der Waals surface area contributed by atoms with Gasteiger partial charge < -0.3 is 16.0 Å². The van der Waals surface area contributed by atoms with Gasteiger partial charge in [-0.1, -0.05) is 30.3 Å². The summed E-state index contributed by atoms with van der Waals surface area (Å²) in [4.78, 5) is 35.0. The Morgan fingerprint density at radius 3 is 2.04 bits per heavy atom. The Bertz CT molecular complexity index is 793. The van der Waals surface area contributed by atoms with Crippen molar-refractivity contribution in [2.75, 3.05) is 17.2 Å². The fourth-order valence-corrected chi connectivity index (χ4v) is 2.53. The number of aryl methyl sites for hydroxylation is 2. The molecule has 3 N–H and O–H groups in total. The summed E-state index contributed by atoms with van der Waals surface area (Å²) in [6.07, 6.45) is 0.164. The minimum atomic E-state index is -0.267. The molecule has 0 bridgehead atoms. The second-order valence-corrected chi connectivity index (χ2v) is 6.15. The molecule has 136 valence electrons. The average Bonchev–Trinajstić information content (AvgIpc) is 2.58. The van der Waals surface area contributed by atoms with E-state index in [-0.39, 0.29) is 30.7 Å². The standard InChI is InChI=1S/C20H23N3O3/c1-13-5-4-6-14(2)20(13)23-19(26)12-21-18(25)11-16-7-9-17(10-8-16)22-15(3)24/h4-10H,11-12H2,1-3H3,(H,21,25)(H,22,24)(H,23,26). The van der Waals surface area contributed by atoms with E-state index in [9.17, 15) is 14.4 Å². The molecule has 2 aromatic carbocycles. The molecule has 2 aromatic rings. The van der Waals surface area contributed by atoms with E-state index in [2.05, 4.69) is 16.0 Å². The molecule has 3 amide bonds. The number of hydrogen-bond donors (Lipinski definition) is 3. The first-order valence-corrected chi connectivity index (χ1v) is 8.34. The lowest BCUT2D eigenvalue weighted by Gasteiger charge is -2.12. The Labute approximate surface area is 153 Å². The van der Waals surface area contributed by atoms with Gasteiger partial charge in [0.15, 0.2) is 0 Å².